The molecule has 3 aliphatic rings. The zero-order valence-corrected chi connectivity index (χ0v) is 18.1. The van der Waals surface area contributed by atoms with Crippen molar-refractivity contribution in [2.24, 2.45) is 5.92 Å². The number of aliphatic carboxylic acids is 1. The number of benzene rings is 2. The van der Waals surface area contributed by atoms with Crippen molar-refractivity contribution in [3.8, 4) is 11.1 Å². The molecule has 3 N–H and O–H groups in total. The van der Waals surface area contributed by atoms with Gasteiger partial charge in [0.1, 0.15) is 18.2 Å². The topological polar surface area (TPSA) is 114 Å². The molecule has 0 radical (unpaired) electrons. The Morgan fingerprint density at radius 2 is 1.67 bits per heavy atom. The average molecular weight is 450 g/mol. The van der Waals surface area contributed by atoms with Gasteiger partial charge in [0.15, 0.2) is 0 Å². The van der Waals surface area contributed by atoms with Crippen LogP contribution in [-0.2, 0) is 19.1 Å². The van der Waals surface area contributed by atoms with Crippen LogP contribution in [0.15, 0.2) is 48.5 Å². The van der Waals surface area contributed by atoms with Crippen LogP contribution in [0.1, 0.15) is 36.3 Å². The highest BCUT2D eigenvalue weighted by molar-refractivity contribution is 5.91. The number of carbonyl (C=O) groups excluding carboxylic acids is 2. The Balaban J connectivity index is 1.15. The number of fused-ring (bicyclic) bond motifs is 3. The van der Waals surface area contributed by atoms with Crippen molar-refractivity contribution >= 4 is 18.0 Å². The van der Waals surface area contributed by atoms with E-state index in [0.717, 1.165) is 22.3 Å². The van der Waals surface area contributed by atoms with Crippen LogP contribution in [0, 0.1) is 5.92 Å². The van der Waals surface area contributed by atoms with Gasteiger partial charge >= 0.3 is 12.1 Å². The van der Waals surface area contributed by atoms with Crippen molar-refractivity contribution in [3.05, 3.63) is 59.7 Å². The van der Waals surface area contributed by atoms with Crippen molar-refractivity contribution in [3.63, 3.8) is 0 Å². The van der Waals surface area contributed by atoms with E-state index < -0.39 is 29.6 Å². The minimum atomic E-state index is -1.16. The molecule has 2 aliphatic carbocycles. The Hall–Kier alpha value is -3.39. The van der Waals surface area contributed by atoms with Crippen LogP contribution < -0.4 is 10.6 Å². The van der Waals surface area contributed by atoms with Crippen LogP contribution in [0.4, 0.5) is 4.79 Å². The molecule has 5 rings (SSSR count). The molecule has 2 fully saturated rings. The number of rotatable bonds is 7. The highest BCUT2D eigenvalue weighted by Gasteiger charge is 2.53. The molecular weight excluding hydrogens is 424 g/mol. The fourth-order valence-corrected chi connectivity index (χ4v) is 4.82. The number of ether oxygens (including phenoxy) is 2. The first-order chi connectivity index (χ1) is 16.0. The number of hydrogen-bond donors (Lipinski definition) is 3. The van der Waals surface area contributed by atoms with Gasteiger partial charge in [0.05, 0.1) is 0 Å². The molecule has 2 aromatic carbocycles. The van der Waals surface area contributed by atoms with E-state index in [9.17, 15) is 19.5 Å². The largest absolute Gasteiger partial charge is 0.480 e. The first kappa shape index (κ1) is 21.5. The Morgan fingerprint density at radius 3 is 2.27 bits per heavy atom. The quantitative estimate of drug-likeness (QED) is 0.598. The fourth-order valence-electron chi connectivity index (χ4n) is 4.82. The predicted molar refractivity (Wildman–Crippen MR) is 119 cm³/mol. The van der Waals surface area contributed by atoms with Gasteiger partial charge in [-0.15, -0.1) is 0 Å². The van der Waals surface area contributed by atoms with Gasteiger partial charge in [0.25, 0.3) is 0 Å². The molecule has 1 saturated carbocycles. The summed E-state index contributed by atoms with van der Waals surface area (Å²) in [7, 11) is 0. The lowest BCUT2D eigenvalue weighted by Crippen LogP contribution is -2.50. The molecule has 1 aliphatic heterocycles. The van der Waals surface area contributed by atoms with E-state index in [1.54, 1.807) is 0 Å². The molecule has 2 atom stereocenters. The Bertz CT molecular complexity index is 1050. The van der Waals surface area contributed by atoms with Crippen molar-refractivity contribution in [2.75, 3.05) is 19.8 Å². The smallest absolute Gasteiger partial charge is 0.407 e. The highest BCUT2D eigenvalue weighted by atomic mass is 16.5. The molecule has 2 amide bonds. The second-order valence-electron chi connectivity index (χ2n) is 8.92. The Labute approximate surface area is 191 Å². The molecule has 0 spiro atoms. The van der Waals surface area contributed by atoms with Gasteiger partial charge in [-0.25, -0.2) is 9.59 Å². The third kappa shape index (κ3) is 4.06. The zero-order valence-electron chi connectivity index (χ0n) is 18.1. The summed E-state index contributed by atoms with van der Waals surface area (Å²) in [6.07, 6.45) is 0.109. The van der Waals surface area contributed by atoms with Crippen LogP contribution in [0.5, 0.6) is 0 Å². The normalized spacial score (nSPS) is 22.2. The van der Waals surface area contributed by atoms with Gasteiger partial charge < -0.3 is 25.2 Å². The molecule has 0 bridgehead atoms. The van der Waals surface area contributed by atoms with E-state index in [1.165, 1.54) is 0 Å². The summed E-state index contributed by atoms with van der Waals surface area (Å²) < 4.78 is 11.1. The summed E-state index contributed by atoms with van der Waals surface area (Å²) in [6, 6.07) is 16.3. The third-order valence-electron chi connectivity index (χ3n) is 6.85. The summed E-state index contributed by atoms with van der Waals surface area (Å²) >= 11 is 0. The number of alkyl carbamates (subject to hydrolysis) is 1. The summed E-state index contributed by atoms with van der Waals surface area (Å²) in [5.74, 6) is -1.73. The first-order valence-electron chi connectivity index (χ1n) is 11.2. The maximum absolute atomic E-state index is 12.6. The van der Waals surface area contributed by atoms with Crippen LogP contribution >= 0.6 is 0 Å². The number of hydrogen-bond acceptors (Lipinski definition) is 5. The van der Waals surface area contributed by atoms with Crippen LogP contribution in [-0.4, -0.2) is 54.5 Å². The first-order valence-corrected chi connectivity index (χ1v) is 11.2. The second-order valence-corrected chi connectivity index (χ2v) is 8.92. The van der Waals surface area contributed by atoms with E-state index in [2.05, 4.69) is 34.9 Å². The molecule has 0 aromatic heterocycles. The van der Waals surface area contributed by atoms with Gasteiger partial charge in [0, 0.05) is 25.0 Å². The van der Waals surface area contributed by atoms with Gasteiger partial charge in [0.2, 0.25) is 5.91 Å². The van der Waals surface area contributed by atoms with Crippen molar-refractivity contribution < 1.29 is 29.0 Å². The number of amides is 2. The second kappa shape index (κ2) is 8.51. The summed E-state index contributed by atoms with van der Waals surface area (Å²) in [5, 5.41) is 14.6. The molecule has 172 valence electrons. The molecule has 33 heavy (non-hydrogen) atoms. The van der Waals surface area contributed by atoms with Gasteiger partial charge in [-0.3, -0.25) is 4.79 Å². The SMILES string of the molecule is O=C(NC[C@@H]1CCO[C@@H]1C(=O)NC1(C(=O)O)CC1)OCC1c2ccccc2-c2ccccc21. The van der Waals surface area contributed by atoms with E-state index >= 15 is 0 Å². The maximum Gasteiger partial charge on any atom is 0.407 e. The highest BCUT2D eigenvalue weighted by Crippen LogP contribution is 2.44. The zero-order chi connectivity index (χ0) is 23.0. The lowest BCUT2D eigenvalue weighted by Gasteiger charge is -2.21. The van der Waals surface area contributed by atoms with Crippen molar-refractivity contribution in [2.45, 2.75) is 36.8 Å². The molecule has 1 heterocycles. The molecule has 2 aromatic rings. The number of nitrogens with one attached hydrogen (secondary N) is 2. The predicted octanol–water partition coefficient (Wildman–Crippen LogP) is 2.66. The minimum Gasteiger partial charge on any atom is -0.480 e. The number of carboxylic acid groups (broad SMARTS) is 1. The fraction of sp³-hybridized carbons (Fsp3) is 0.400. The van der Waals surface area contributed by atoms with Crippen LogP contribution in [0.2, 0.25) is 0 Å². The standard InChI is InChI=1S/C25H26N2O6/c28-22(27-25(10-11-25)23(29)30)21-15(9-12-32-21)13-26-24(31)33-14-20-18-7-3-1-5-16(18)17-6-2-4-8-19(17)20/h1-8,15,20-21H,9-14H2,(H,26,31)(H,27,28)(H,29,30)/t15-,21-/m0/s1. The van der Waals surface area contributed by atoms with E-state index in [1.807, 2.05) is 24.3 Å². The molecule has 1 saturated heterocycles. The Kier molecular flexibility index (Phi) is 5.54. The summed E-state index contributed by atoms with van der Waals surface area (Å²) in [4.78, 5) is 36.3. The van der Waals surface area contributed by atoms with Crippen molar-refractivity contribution in [1.82, 2.24) is 10.6 Å². The summed E-state index contributed by atoms with van der Waals surface area (Å²) in [5.41, 5.74) is 3.44. The number of carboxylic acids is 1. The lowest BCUT2D eigenvalue weighted by molar-refractivity contribution is -0.145. The van der Waals surface area contributed by atoms with E-state index in [4.69, 9.17) is 9.47 Å². The number of carbonyl (C=O) groups is 3. The monoisotopic (exact) mass is 450 g/mol. The molecular formula is C25H26N2O6. The van der Waals surface area contributed by atoms with E-state index in [-0.39, 0.29) is 25.0 Å². The van der Waals surface area contributed by atoms with Gasteiger partial charge in [-0.05, 0) is 41.5 Å². The van der Waals surface area contributed by atoms with Crippen LogP contribution in [0.3, 0.4) is 0 Å². The van der Waals surface area contributed by atoms with Crippen molar-refractivity contribution in [1.29, 1.82) is 0 Å². The average Bonchev–Trinajstić information content (AvgIpc) is 3.33. The minimum absolute atomic E-state index is 0.0257. The molecule has 0 unspecified atom stereocenters. The van der Waals surface area contributed by atoms with Gasteiger partial charge in [-0.1, -0.05) is 48.5 Å². The summed E-state index contributed by atoms with van der Waals surface area (Å²) in [6.45, 7) is 0.816. The van der Waals surface area contributed by atoms with Crippen LogP contribution in [0.25, 0.3) is 11.1 Å². The van der Waals surface area contributed by atoms with Gasteiger partial charge in [-0.2, -0.15) is 0 Å². The lowest BCUT2D eigenvalue weighted by atomic mass is 9.98. The molecule has 8 nitrogen and oxygen atoms in total. The molecule has 8 heteroatoms. The maximum atomic E-state index is 12.6. The Morgan fingerprint density at radius 1 is 1.03 bits per heavy atom. The third-order valence-corrected chi connectivity index (χ3v) is 6.85. The van der Waals surface area contributed by atoms with E-state index in [0.29, 0.717) is 25.9 Å².